The maximum absolute atomic E-state index is 13.0. The molecule has 1 aliphatic heterocycles. The van der Waals surface area contributed by atoms with Crippen molar-refractivity contribution in [3.05, 3.63) is 39.5 Å². The minimum atomic E-state index is -0.589. The van der Waals surface area contributed by atoms with E-state index in [2.05, 4.69) is 36.4 Å². The lowest BCUT2D eigenvalue weighted by molar-refractivity contribution is -0.116. The zero-order chi connectivity index (χ0) is 18.8. The van der Waals surface area contributed by atoms with Gasteiger partial charge in [0.2, 0.25) is 0 Å². The zero-order valence-electron chi connectivity index (χ0n) is 15.5. The predicted octanol–water partition coefficient (Wildman–Crippen LogP) is 5.41. The molecule has 0 saturated heterocycles. The number of benzene rings is 1. The number of ether oxygens (including phenoxy) is 1. The number of rotatable bonds is 3. The van der Waals surface area contributed by atoms with Gasteiger partial charge in [-0.25, -0.2) is 4.79 Å². The summed E-state index contributed by atoms with van der Waals surface area (Å²) in [5.74, 6) is 0.459. The van der Waals surface area contributed by atoms with Gasteiger partial charge in [0.25, 0.3) is 0 Å². The lowest BCUT2D eigenvalue weighted by Gasteiger charge is -2.39. The molecule has 5 heteroatoms. The number of Topliss-reactive ketones (excluding diaryl/α,β-unsaturated/α-hetero) is 1. The van der Waals surface area contributed by atoms with Crippen LogP contribution in [0.25, 0.3) is 5.70 Å². The van der Waals surface area contributed by atoms with Crippen molar-refractivity contribution >= 4 is 40.2 Å². The average molecular weight is 455 g/mol. The number of allylic oxidation sites excluding steroid dienone is 1. The molecule has 1 aromatic carbocycles. The SMILES string of the molecule is CC(C)C[C@H]1CC(=O)C(I)=C(c2ccccc2)N1C(=O)OC(C)(C)C. The number of ketones is 1. The van der Waals surface area contributed by atoms with E-state index in [0.29, 0.717) is 21.6 Å². The Labute approximate surface area is 163 Å². The first-order valence-electron chi connectivity index (χ1n) is 8.60. The highest BCUT2D eigenvalue weighted by Gasteiger charge is 2.39. The maximum atomic E-state index is 13.0. The molecule has 0 unspecified atom stereocenters. The Morgan fingerprint density at radius 1 is 1.28 bits per heavy atom. The standard InChI is InChI=1S/C20H26INO3/c1-13(2)11-15-12-16(23)17(21)18(14-9-7-6-8-10-14)22(15)19(24)25-20(3,4)5/h6-10,13,15H,11-12H2,1-5H3/t15-/m0/s1. The molecule has 0 aliphatic carbocycles. The van der Waals surface area contributed by atoms with Crippen molar-refractivity contribution in [2.24, 2.45) is 5.92 Å². The van der Waals surface area contributed by atoms with Crippen LogP contribution in [0.3, 0.4) is 0 Å². The number of carbonyl (C=O) groups excluding carboxylic acids is 2. The largest absolute Gasteiger partial charge is 0.443 e. The minimum Gasteiger partial charge on any atom is -0.443 e. The van der Waals surface area contributed by atoms with Crippen LogP contribution in [-0.4, -0.2) is 28.4 Å². The zero-order valence-corrected chi connectivity index (χ0v) is 17.7. The number of hydrogen-bond acceptors (Lipinski definition) is 3. The molecule has 1 heterocycles. The van der Waals surface area contributed by atoms with E-state index < -0.39 is 11.7 Å². The molecule has 0 bridgehead atoms. The summed E-state index contributed by atoms with van der Waals surface area (Å²) < 4.78 is 6.25. The fourth-order valence-corrected chi connectivity index (χ4v) is 3.75. The van der Waals surface area contributed by atoms with Gasteiger partial charge in [0.15, 0.2) is 5.78 Å². The maximum Gasteiger partial charge on any atom is 0.415 e. The smallest absolute Gasteiger partial charge is 0.415 e. The minimum absolute atomic E-state index is 0.0879. The van der Waals surface area contributed by atoms with Crippen molar-refractivity contribution in [2.45, 2.75) is 59.1 Å². The molecule has 1 aromatic rings. The van der Waals surface area contributed by atoms with Gasteiger partial charge in [-0.2, -0.15) is 0 Å². The third kappa shape index (κ3) is 5.06. The van der Waals surface area contributed by atoms with E-state index in [0.717, 1.165) is 12.0 Å². The molecule has 0 radical (unpaired) electrons. The molecule has 0 saturated carbocycles. The van der Waals surface area contributed by atoms with Crippen molar-refractivity contribution in [3.63, 3.8) is 0 Å². The average Bonchev–Trinajstić information content (AvgIpc) is 2.48. The van der Waals surface area contributed by atoms with Crippen molar-refractivity contribution in [1.29, 1.82) is 0 Å². The lowest BCUT2D eigenvalue weighted by atomic mass is 9.92. The Morgan fingerprint density at radius 3 is 2.40 bits per heavy atom. The molecule has 0 spiro atoms. The first-order valence-corrected chi connectivity index (χ1v) is 9.68. The highest BCUT2D eigenvalue weighted by molar-refractivity contribution is 14.1. The Balaban J connectivity index is 2.53. The first kappa shape index (κ1) is 19.9. The van der Waals surface area contributed by atoms with Gasteiger partial charge in [0, 0.05) is 12.5 Å². The molecule has 4 nitrogen and oxygen atoms in total. The van der Waals surface area contributed by atoms with E-state index in [9.17, 15) is 9.59 Å². The van der Waals surface area contributed by atoms with E-state index in [-0.39, 0.29) is 11.8 Å². The van der Waals surface area contributed by atoms with Gasteiger partial charge in [-0.1, -0.05) is 44.2 Å². The normalized spacial score (nSPS) is 18.8. The summed E-state index contributed by atoms with van der Waals surface area (Å²) >= 11 is 2.06. The molecule has 25 heavy (non-hydrogen) atoms. The molecular formula is C20H26INO3. The Bertz CT molecular complexity index is 674. The van der Waals surface area contributed by atoms with E-state index in [4.69, 9.17) is 4.74 Å². The van der Waals surface area contributed by atoms with Crippen molar-refractivity contribution < 1.29 is 14.3 Å². The van der Waals surface area contributed by atoms with Gasteiger partial charge in [-0.05, 0) is 61.3 Å². The lowest BCUT2D eigenvalue weighted by Crippen LogP contribution is -2.46. The van der Waals surface area contributed by atoms with Crippen LogP contribution >= 0.6 is 22.6 Å². The number of amides is 1. The van der Waals surface area contributed by atoms with Crippen LogP contribution in [0.5, 0.6) is 0 Å². The number of nitrogens with zero attached hydrogens (tertiary/aromatic N) is 1. The van der Waals surface area contributed by atoms with Crippen LogP contribution in [-0.2, 0) is 9.53 Å². The molecule has 1 atom stereocenters. The van der Waals surface area contributed by atoms with E-state index in [1.54, 1.807) is 4.90 Å². The van der Waals surface area contributed by atoms with Gasteiger partial charge in [-0.3, -0.25) is 9.69 Å². The van der Waals surface area contributed by atoms with Gasteiger partial charge >= 0.3 is 6.09 Å². The summed E-state index contributed by atoms with van der Waals surface area (Å²) in [4.78, 5) is 27.3. The fraction of sp³-hybridized carbons (Fsp3) is 0.500. The second-order valence-corrected chi connectivity index (χ2v) is 8.87. The Hall–Kier alpha value is -1.37. The highest BCUT2D eigenvalue weighted by atomic mass is 127. The van der Waals surface area contributed by atoms with Crippen LogP contribution < -0.4 is 0 Å². The fourth-order valence-electron chi connectivity index (χ4n) is 2.96. The van der Waals surface area contributed by atoms with Crippen LogP contribution in [0, 0.1) is 5.92 Å². The van der Waals surface area contributed by atoms with Gasteiger partial charge in [0.05, 0.1) is 9.28 Å². The van der Waals surface area contributed by atoms with Crippen LogP contribution in [0.1, 0.15) is 53.0 Å². The van der Waals surface area contributed by atoms with E-state index >= 15 is 0 Å². The molecule has 0 aromatic heterocycles. The third-order valence-corrected chi connectivity index (χ3v) is 4.97. The van der Waals surface area contributed by atoms with E-state index in [1.165, 1.54) is 0 Å². The number of hydrogen-bond donors (Lipinski definition) is 0. The molecular weight excluding hydrogens is 429 g/mol. The van der Waals surface area contributed by atoms with Crippen LogP contribution in [0.4, 0.5) is 4.79 Å². The summed E-state index contributed by atoms with van der Waals surface area (Å²) in [5.41, 5.74) is 0.936. The summed E-state index contributed by atoms with van der Waals surface area (Å²) in [6.45, 7) is 9.77. The Kier molecular flexibility index (Phi) is 6.30. The van der Waals surface area contributed by atoms with Crippen LogP contribution in [0.15, 0.2) is 33.9 Å². The quantitative estimate of drug-likeness (QED) is 0.573. The van der Waals surface area contributed by atoms with Crippen LogP contribution in [0.2, 0.25) is 0 Å². The van der Waals surface area contributed by atoms with Gasteiger partial charge in [-0.15, -0.1) is 0 Å². The summed E-state index contributed by atoms with van der Waals surface area (Å²) in [6.07, 6.45) is 0.704. The Morgan fingerprint density at radius 2 is 1.88 bits per heavy atom. The highest BCUT2D eigenvalue weighted by Crippen LogP contribution is 2.38. The first-order chi connectivity index (χ1) is 11.6. The molecule has 136 valence electrons. The van der Waals surface area contributed by atoms with Crippen molar-refractivity contribution in [2.75, 3.05) is 0 Å². The summed E-state index contributed by atoms with van der Waals surface area (Å²) in [7, 11) is 0. The molecule has 0 fully saturated rings. The summed E-state index contributed by atoms with van der Waals surface area (Å²) in [6, 6.07) is 9.42. The second kappa shape index (κ2) is 7.89. The molecule has 1 aliphatic rings. The molecule has 2 rings (SSSR count). The third-order valence-electron chi connectivity index (χ3n) is 3.86. The summed E-state index contributed by atoms with van der Waals surface area (Å²) in [5, 5.41) is 0. The molecule has 1 amide bonds. The topological polar surface area (TPSA) is 46.6 Å². The second-order valence-electron chi connectivity index (χ2n) is 7.79. The van der Waals surface area contributed by atoms with Crippen molar-refractivity contribution in [3.8, 4) is 0 Å². The van der Waals surface area contributed by atoms with Gasteiger partial charge in [0.1, 0.15) is 5.60 Å². The number of carbonyl (C=O) groups is 2. The monoisotopic (exact) mass is 455 g/mol. The van der Waals surface area contributed by atoms with Crippen molar-refractivity contribution in [1.82, 2.24) is 4.90 Å². The van der Waals surface area contributed by atoms with Gasteiger partial charge < -0.3 is 4.74 Å². The van der Waals surface area contributed by atoms with E-state index in [1.807, 2.05) is 51.1 Å². The molecule has 0 N–H and O–H groups in total. The number of halogens is 1. The predicted molar refractivity (Wildman–Crippen MR) is 108 cm³/mol.